The molecule has 4 aromatic rings. The van der Waals surface area contributed by atoms with E-state index in [0.29, 0.717) is 12.0 Å². The quantitative estimate of drug-likeness (QED) is 0.493. The van der Waals surface area contributed by atoms with Gasteiger partial charge in [0.1, 0.15) is 11.5 Å². The number of nitrogens with zero attached hydrogens (tertiary/aromatic N) is 4. The monoisotopic (exact) mass is 372 g/mol. The van der Waals surface area contributed by atoms with E-state index in [1.54, 1.807) is 36.9 Å². The van der Waals surface area contributed by atoms with Crippen LogP contribution in [-0.4, -0.2) is 19.9 Å². The van der Waals surface area contributed by atoms with Crippen LogP contribution in [0.15, 0.2) is 85.5 Å². The first-order valence-corrected chi connectivity index (χ1v) is 8.73. The Morgan fingerprint density at radius 2 is 0.857 bits per heavy atom. The molecule has 0 radical (unpaired) electrons. The molecule has 0 atom stereocenters. The molecule has 0 unspecified atom stereocenters. The summed E-state index contributed by atoms with van der Waals surface area (Å²) in [6, 6.07) is 19.8. The highest BCUT2D eigenvalue weighted by atomic mass is 16.5. The number of ether oxygens (including phenoxy) is 2. The molecule has 0 fully saturated rings. The zero-order valence-electron chi connectivity index (χ0n) is 15.7. The minimum atomic E-state index is 0.377. The summed E-state index contributed by atoms with van der Waals surface area (Å²) in [7, 11) is 0. The summed E-state index contributed by atoms with van der Waals surface area (Å²) in [4.78, 5) is 15.9. The molecule has 6 nitrogen and oxygen atoms in total. The minimum absolute atomic E-state index is 0.377. The standard InChI is InChI=1S/2C11H10N2O/c2*1-9-5-2-3-6-10(9)14-11-12-7-4-8-13-11/h2*2-8H,1H3. The number of para-hydroxylation sites is 2. The number of rotatable bonds is 4. The van der Waals surface area contributed by atoms with Crippen molar-refractivity contribution in [3.8, 4) is 23.5 Å². The van der Waals surface area contributed by atoms with Gasteiger partial charge in [-0.15, -0.1) is 0 Å². The smallest absolute Gasteiger partial charge is 0.321 e. The highest BCUT2D eigenvalue weighted by molar-refractivity contribution is 5.34. The van der Waals surface area contributed by atoms with Crippen molar-refractivity contribution in [1.82, 2.24) is 19.9 Å². The molecule has 0 aliphatic heterocycles. The first-order valence-electron chi connectivity index (χ1n) is 8.73. The van der Waals surface area contributed by atoms with Crippen LogP contribution in [0.5, 0.6) is 23.5 Å². The number of hydrogen-bond donors (Lipinski definition) is 0. The van der Waals surface area contributed by atoms with E-state index in [0.717, 1.165) is 22.6 Å². The Morgan fingerprint density at radius 3 is 1.21 bits per heavy atom. The Balaban J connectivity index is 0.000000161. The van der Waals surface area contributed by atoms with E-state index < -0.39 is 0 Å². The fraction of sp³-hybridized carbons (Fsp3) is 0.0909. The Kier molecular flexibility index (Phi) is 6.62. The maximum absolute atomic E-state index is 5.49. The van der Waals surface area contributed by atoms with Crippen LogP contribution in [0.3, 0.4) is 0 Å². The van der Waals surface area contributed by atoms with Gasteiger partial charge in [-0.1, -0.05) is 36.4 Å². The lowest BCUT2D eigenvalue weighted by Gasteiger charge is -2.05. The number of aryl methyl sites for hydroxylation is 2. The van der Waals surface area contributed by atoms with E-state index in [9.17, 15) is 0 Å². The van der Waals surface area contributed by atoms with Gasteiger partial charge in [0.15, 0.2) is 0 Å². The van der Waals surface area contributed by atoms with Crippen molar-refractivity contribution in [1.29, 1.82) is 0 Å². The Hall–Kier alpha value is -3.80. The third-order valence-corrected chi connectivity index (χ3v) is 3.67. The van der Waals surface area contributed by atoms with Crippen molar-refractivity contribution >= 4 is 0 Å². The van der Waals surface area contributed by atoms with Gasteiger partial charge in [-0.3, -0.25) is 0 Å². The van der Waals surface area contributed by atoms with Crippen molar-refractivity contribution < 1.29 is 9.47 Å². The average molecular weight is 372 g/mol. The van der Waals surface area contributed by atoms with E-state index in [1.165, 1.54) is 0 Å². The number of hydrogen-bond acceptors (Lipinski definition) is 6. The fourth-order valence-electron chi connectivity index (χ4n) is 2.21. The molecule has 0 amide bonds. The number of aromatic nitrogens is 4. The summed E-state index contributed by atoms with van der Waals surface area (Å²) < 4.78 is 11.0. The van der Waals surface area contributed by atoms with Crippen molar-refractivity contribution in [2.75, 3.05) is 0 Å². The molecular weight excluding hydrogens is 352 g/mol. The normalized spacial score (nSPS) is 9.79. The molecule has 28 heavy (non-hydrogen) atoms. The average Bonchev–Trinajstić information content (AvgIpc) is 2.74. The van der Waals surface area contributed by atoms with Gasteiger partial charge in [0.25, 0.3) is 0 Å². The van der Waals surface area contributed by atoms with Crippen molar-refractivity contribution in [2.24, 2.45) is 0 Å². The summed E-state index contributed by atoms with van der Waals surface area (Å²) in [5.41, 5.74) is 2.14. The zero-order chi connectivity index (χ0) is 19.6. The predicted molar refractivity (Wildman–Crippen MR) is 107 cm³/mol. The van der Waals surface area contributed by atoms with Gasteiger partial charge in [0, 0.05) is 24.8 Å². The lowest BCUT2D eigenvalue weighted by Crippen LogP contribution is -1.91. The Labute approximate surface area is 163 Å². The maximum atomic E-state index is 5.49. The lowest BCUT2D eigenvalue weighted by molar-refractivity contribution is 0.438. The Bertz CT molecular complexity index is 912. The molecule has 0 saturated heterocycles. The van der Waals surface area contributed by atoms with Crippen LogP contribution in [0.25, 0.3) is 0 Å². The van der Waals surface area contributed by atoms with E-state index in [2.05, 4.69) is 19.9 Å². The second kappa shape index (κ2) is 9.78. The molecule has 6 heteroatoms. The molecule has 4 rings (SSSR count). The fourth-order valence-corrected chi connectivity index (χ4v) is 2.21. The topological polar surface area (TPSA) is 70.0 Å². The molecule has 140 valence electrons. The van der Waals surface area contributed by atoms with E-state index in [4.69, 9.17) is 9.47 Å². The van der Waals surface area contributed by atoms with Crippen molar-refractivity contribution in [2.45, 2.75) is 13.8 Å². The summed E-state index contributed by atoms with van der Waals surface area (Å²) in [6.07, 6.45) is 6.61. The summed E-state index contributed by atoms with van der Waals surface area (Å²) in [6.45, 7) is 3.97. The van der Waals surface area contributed by atoms with E-state index in [1.807, 2.05) is 62.4 Å². The van der Waals surface area contributed by atoms with Gasteiger partial charge in [0.2, 0.25) is 0 Å². The number of benzene rings is 2. The van der Waals surface area contributed by atoms with Crippen LogP contribution in [0.2, 0.25) is 0 Å². The van der Waals surface area contributed by atoms with Crippen LogP contribution >= 0.6 is 0 Å². The van der Waals surface area contributed by atoms with Gasteiger partial charge in [-0.05, 0) is 49.2 Å². The van der Waals surface area contributed by atoms with Gasteiger partial charge >= 0.3 is 12.0 Å². The molecule has 0 aliphatic carbocycles. The molecule has 0 aliphatic rings. The molecule has 0 N–H and O–H groups in total. The maximum Gasteiger partial charge on any atom is 0.321 e. The highest BCUT2D eigenvalue weighted by Crippen LogP contribution is 2.21. The Morgan fingerprint density at radius 1 is 0.500 bits per heavy atom. The third-order valence-electron chi connectivity index (χ3n) is 3.67. The zero-order valence-corrected chi connectivity index (χ0v) is 15.7. The van der Waals surface area contributed by atoms with Crippen LogP contribution < -0.4 is 9.47 Å². The molecule has 2 heterocycles. The molecule has 0 spiro atoms. The van der Waals surface area contributed by atoms with Crippen molar-refractivity contribution in [3.05, 3.63) is 96.6 Å². The SMILES string of the molecule is Cc1ccccc1Oc1ncccn1.Cc1ccccc1Oc1ncccn1. The molecule has 0 saturated carbocycles. The minimum Gasteiger partial charge on any atom is -0.424 e. The van der Waals surface area contributed by atoms with E-state index >= 15 is 0 Å². The first kappa shape index (κ1) is 19.0. The van der Waals surface area contributed by atoms with Crippen LogP contribution in [0, 0.1) is 13.8 Å². The van der Waals surface area contributed by atoms with Gasteiger partial charge in [-0.25, -0.2) is 19.9 Å². The van der Waals surface area contributed by atoms with Gasteiger partial charge < -0.3 is 9.47 Å². The van der Waals surface area contributed by atoms with Crippen LogP contribution in [0.4, 0.5) is 0 Å². The summed E-state index contributed by atoms with van der Waals surface area (Å²) in [5.74, 6) is 1.58. The van der Waals surface area contributed by atoms with Gasteiger partial charge in [-0.2, -0.15) is 0 Å². The van der Waals surface area contributed by atoms with Crippen LogP contribution in [-0.2, 0) is 0 Å². The highest BCUT2D eigenvalue weighted by Gasteiger charge is 2.01. The van der Waals surface area contributed by atoms with Gasteiger partial charge in [0.05, 0.1) is 0 Å². The molecule has 0 bridgehead atoms. The largest absolute Gasteiger partial charge is 0.424 e. The van der Waals surface area contributed by atoms with E-state index in [-0.39, 0.29) is 0 Å². The van der Waals surface area contributed by atoms with Crippen molar-refractivity contribution in [3.63, 3.8) is 0 Å². The third kappa shape index (κ3) is 5.60. The second-order valence-electron chi connectivity index (χ2n) is 5.80. The molecule has 2 aromatic heterocycles. The second-order valence-corrected chi connectivity index (χ2v) is 5.80. The summed E-state index contributed by atoms with van der Waals surface area (Å²) >= 11 is 0. The summed E-state index contributed by atoms with van der Waals surface area (Å²) in [5, 5.41) is 0. The molecular formula is C22H20N4O2. The first-order chi connectivity index (χ1) is 13.7. The predicted octanol–water partition coefficient (Wildman–Crippen LogP) is 5.15. The lowest BCUT2D eigenvalue weighted by atomic mass is 10.2. The van der Waals surface area contributed by atoms with Crippen LogP contribution in [0.1, 0.15) is 11.1 Å². The molecule has 2 aromatic carbocycles.